The van der Waals surface area contributed by atoms with Crippen LogP contribution in [0.5, 0.6) is 0 Å². The summed E-state index contributed by atoms with van der Waals surface area (Å²) in [7, 11) is 2.77. The smallest absolute Gasteiger partial charge is 0.124 e. The third-order valence-corrected chi connectivity index (χ3v) is 6.10. The van der Waals surface area contributed by atoms with Crippen molar-refractivity contribution in [3.63, 3.8) is 0 Å². The highest BCUT2D eigenvalue weighted by atomic mass is 32.1. The summed E-state index contributed by atoms with van der Waals surface area (Å²) in [5.74, 6) is -0.0185. The Hall–Kier alpha value is -1.02. The molecule has 0 radical (unpaired) electrons. The molecule has 0 aliphatic heterocycles. The van der Waals surface area contributed by atoms with Crippen LogP contribution in [0.3, 0.4) is 0 Å². The van der Waals surface area contributed by atoms with E-state index in [1.807, 2.05) is 33.8 Å². The zero-order chi connectivity index (χ0) is 20.0. The van der Waals surface area contributed by atoms with Crippen LogP contribution in [0.15, 0.2) is 69.4 Å². The quantitative estimate of drug-likeness (QED) is 0.163. The van der Waals surface area contributed by atoms with E-state index in [4.69, 9.17) is 12.2 Å². The van der Waals surface area contributed by atoms with E-state index in [0.717, 1.165) is 38.9 Å². The van der Waals surface area contributed by atoms with Gasteiger partial charge < -0.3 is 0 Å². The summed E-state index contributed by atoms with van der Waals surface area (Å²) in [5.41, 5.74) is 5.39. The van der Waals surface area contributed by atoms with Gasteiger partial charge in [0.2, 0.25) is 0 Å². The number of halogens is 1. The van der Waals surface area contributed by atoms with Crippen LogP contribution in [0, 0.1) is 11.7 Å². The van der Waals surface area contributed by atoms with Crippen molar-refractivity contribution in [2.24, 2.45) is 5.92 Å². The molecule has 0 saturated heterocycles. The number of hydrogen-bond acceptors (Lipinski definition) is 2. The maximum Gasteiger partial charge on any atom is 0.124 e. The van der Waals surface area contributed by atoms with E-state index in [1.54, 1.807) is 0 Å². The van der Waals surface area contributed by atoms with E-state index >= 15 is 0 Å². The second-order valence-electron chi connectivity index (χ2n) is 6.40. The van der Waals surface area contributed by atoms with Crippen LogP contribution < -0.4 is 0 Å². The first-order valence-corrected chi connectivity index (χ1v) is 10.0. The Morgan fingerprint density at radius 2 is 1.92 bits per heavy atom. The van der Waals surface area contributed by atoms with Gasteiger partial charge in [0.05, 0.1) is 0 Å². The second-order valence-corrected chi connectivity index (χ2v) is 8.07. The molecule has 140 valence electrons. The lowest BCUT2D eigenvalue weighted by atomic mass is 9.85. The van der Waals surface area contributed by atoms with Gasteiger partial charge in [-0.15, -0.1) is 21.9 Å². The number of rotatable bonds is 7. The molecule has 0 spiro atoms. The number of allylic oxidation sites excluding steroid dienone is 7. The zero-order valence-electron chi connectivity index (χ0n) is 16.2. The minimum atomic E-state index is -0.260. The van der Waals surface area contributed by atoms with E-state index < -0.39 is 0 Å². The molecule has 0 fully saturated rings. The molecule has 0 aliphatic carbocycles. The number of thiol groups is 1. The normalized spacial score (nSPS) is 14.8. The summed E-state index contributed by atoms with van der Waals surface area (Å²) < 4.78 is 13.3. The van der Waals surface area contributed by atoms with Gasteiger partial charge in [-0.05, 0) is 85.3 Å². The van der Waals surface area contributed by atoms with Crippen LogP contribution in [0.2, 0.25) is 0 Å². The molecular weight excluding hydrogens is 378 g/mol. The van der Waals surface area contributed by atoms with E-state index in [1.165, 1.54) is 17.7 Å². The minimum Gasteiger partial charge on any atom is -0.207 e. The fourth-order valence-corrected chi connectivity index (χ4v) is 3.81. The molecule has 0 aromatic heterocycles. The molecule has 0 N–H and O–H groups in total. The minimum absolute atomic E-state index is 0.242. The van der Waals surface area contributed by atoms with E-state index in [0.29, 0.717) is 4.90 Å². The van der Waals surface area contributed by atoms with Gasteiger partial charge in [0.1, 0.15) is 5.82 Å². The van der Waals surface area contributed by atoms with Crippen LogP contribution in [0.25, 0.3) is 0 Å². The van der Waals surface area contributed by atoms with Crippen molar-refractivity contribution in [2.75, 3.05) is 0 Å². The van der Waals surface area contributed by atoms with Crippen LogP contribution >= 0.6 is 34.1 Å². The molecule has 26 heavy (non-hydrogen) atoms. The molecule has 0 saturated carbocycles. The summed E-state index contributed by atoms with van der Waals surface area (Å²) in [5, 5.41) is 1.04. The Labute approximate surface area is 171 Å². The van der Waals surface area contributed by atoms with Crippen molar-refractivity contribution in [2.45, 2.75) is 45.9 Å². The molecule has 0 heterocycles. The van der Waals surface area contributed by atoms with Crippen molar-refractivity contribution in [3.8, 4) is 0 Å². The number of benzene rings is 1. The van der Waals surface area contributed by atoms with Gasteiger partial charge in [-0.3, -0.25) is 0 Å². The SMILES string of the molecule is C=C(C(=C\C)/C(=C\C)C(C)Cc1ccc(F)cc1S)/C(P)=C(\C)C(C)=S. The van der Waals surface area contributed by atoms with Crippen molar-refractivity contribution >= 4 is 39.0 Å². The third-order valence-electron chi connectivity index (χ3n) is 4.60. The molecule has 0 aliphatic rings. The highest BCUT2D eigenvalue weighted by molar-refractivity contribution is 7.80. The van der Waals surface area contributed by atoms with Crippen molar-refractivity contribution in [1.82, 2.24) is 0 Å². The maximum absolute atomic E-state index is 13.3. The van der Waals surface area contributed by atoms with Gasteiger partial charge in [0, 0.05) is 9.76 Å². The number of hydrogen-bond donors (Lipinski definition) is 1. The number of thiocarbonyl (C=S) groups is 1. The Morgan fingerprint density at radius 3 is 2.38 bits per heavy atom. The Morgan fingerprint density at radius 1 is 1.31 bits per heavy atom. The summed E-state index contributed by atoms with van der Waals surface area (Å²) in [6.45, 7) is 14.5. The predicted molar refractivity (Wildman–Crippen MR) is 124 cm³/mol. The van der Waals surface area contributed by atoms with Crippen LogP contribution in [-0.4, -0.2) is 4.86 Å². The Bertz CT molecular complexity index is 800. The van der Waals surface area contributed by atoms with Crippen molar-refractivity contribution in [3.05, 3.63) is 75.9 Å². The average molecular weight is 407 g/mol. The van der Waals surface area contributed by atoms with Gasteiger partial charge >= 0.3 is 0 Å². The molecule has 0 amide bonds. The first-order valence-electron chi connectivity index (χ1n) is 8.61. The monoisotopic (exact) mass is 406 g/mol. The van der Waals surface area contributed by atoms with Gasteiger partial charge in [-0.1, -0.05) is 43.9 Å². The topological polar surface area (TPSA) is 0 Å². The Balaban J connectivity index is 3.17. The van der Waals surface area contributed by atoms with Crippen LogP contribution in [0.4, 0.5) is 4.39 Å². The lowest BCUT2D eigenvalue weighted by molar-refractivity contribution is 0.618. The molecule has 2 atom stereocenters. The summed E-state index contributed by atoms with van der Waals surface area (Å²) in [6, 6.07) is 4.76. The van der Waals surface area contributed by atoms with Gasteiger partial charge in [-0.25, -0.2) is 4.39 Å². The molecular formula is C22H28FPS2. The lowest BCUT2D eigenvalue weighted by Gasteiger charge is -2.22. The fraction of sp³-hybridized carbons (Fsp3) is 0.318. The molecule has 1 aromatic rings. The second kappa shape index (κ2) is 10.3. The van der Waals surface area contributed by atoms with Gasteiger partial charge in [0.15, 0.2) is 0 Å². The standard InChI is InChI=1S/C22H28FPS2/c1-7-19(13(3)11-17-9-10-18(23)12-21(17)26)20(8-2)15(5)22(24)14(4)16(6)25/h7-10,12-13,26H,5,11,24H2,1-4,6H3/b19-7-,20-8+,22-14-. The Kier molecular flexibility index (Phi) is 9.16. The average Bonchev–Trinajstić information content (AvgIpc) is 2.59. The first-order chi connectivity index (χ1) is 12.1. The molecule has 4 heteroatoms. The highest BCUT2D eigenvalue weighted by Gasteiger charge is 2.18. The predicted octanol–water partition coefficient (Wildman–Crippen LogP) is 7.28. The molecule has 0 nitrogen and oxygen atoms in total. The summed E-state index contributed by atoms with van der Waals surface area (Å²) >= 11 is 9.73. The fourth-order valence-electron chi connectivity index (χ4n) is 2.93. The first kappa shape index (κ1) is 23.0. The largest absolute Gasteiger partial charge is 0.207 e. The van der Waals surface area contributed by atoms with E-state index in [2.05, 4.69) is 47.5 Å². The van der Waals surface area contributed by atoms with Crippen molar-refractivity contribution < 1.29 is 4.39 Å². The molecule has 0 bridgehead atoms. The van der Waals surface area contributed by atoms with Crippen LogP contribution in [-0.2, 0) is 6.42 Å². The highest BCUT2D eigenvalue weighted by Crippen LogP contribution is 2.35. The van der Waals surface area contributed by atoms with E-state index in [-0.39, 0.29) is 11.7 Å². The maximum atomic E-state index is 13.3. The molecule has 1 aromatic carbocycles. The summed E-state index contributed by atoms with van der Waals surface area (Å²) in [6.07, 6.45) is 5.01. The zero-order valence-corrected chi connectivity index (χ0v) is 19.1. The van der Waals surface area contributed by atoms with E-state index in [9.17, 15) is 4.39 Å². The molecule has 2 unspecified atom stereocenters. The third kappa shape index (κ3) is 5.74. The summed E-state index contributed by atoms with van der Waals surface area (Å²) in [4.78, 5) is 1.56. The molecule has 1 rings (SSSR count). The van der Waals surface area contributed by atoms with Crippen molar-refractivity contribution in [1.29, 1.82) is 0 Å². The van der Waals surface area contributed by atoms with Gasteiger partial charge in [-0.2, -0.15) is 0 Å². The van der Waals surface area contributed by atoms with Gasteiger partial charge in [0.25, 0.3) is 0 Å². The lowest BCUT2D eigenvalue weighted by Crippen LogP contribution is -2.09. The van der Waals surface area contributed by atoms with Crippen LogP contribution in [0.1, 0.15) is 40.2 Å².